The van der Waals surface area contributed by atoms with Crippen LogP contribution in [0.2, 0.25) is 0 Å². The third kappa shape index (κ3) is 3.69. The first kappa shape index (κ1) is 14.3. The number of rotatable bonds is 2. The summed E-state index contributed by atoms with van der Waals surface area (Å²) in [4.78, 5) is 29.5. The summed E-state index contributed by atoms with van der Waals surface area (Å²) in [5.41, 5.74) is 0. The van der Waals surface area contributed by atoms with Crippen LogP contribution < -0.4 is 0 Å². The van der Waals surface area contributed by atoms with Gasteiger partial charge >= 0.3 is 0 Å². The van der Waals surface area contributed by atoms with E-state index < -0.39 is 0 Å². The van der Waals surface area contributed by atoms with E-state index in [4.69, 9.17) is 0 Å². The maximum atomic E-state index is 12.3. The summed E-state index contributed by atoms with van der Waals surface area (Å²) in [6, 6.07) is 0.524. The molecule has 5 nitrogen and oxygen atoms in total. The minimum absolute atomic E-state index is 0.108. The van der Waals surface area contributed by atoms with E-state index in [-0.39, 0.29) is 11.8 Å². The SMILES string of the molecule is CC(=O)N1CCN(C(=O)CN2CCCCC2C)CC1. The van der Waals surface area contributed by atoms with Crippen molar-refractivity contribution in [3.63, 3.8) is 0 Å². The molecular formula is C14H25N3O2. The van der Waals surface area contributed by atoms with Crippen LogP contribution >= 0.6 is 0 Å². The number of carbonyl (C=O) groups excluding carboxylic acids is 2. The molecule has 2 saturated heterocycles. The zero-order valence-corrected chi connectivity index (χ0v) is 12.1. The van der Waals surface area contributed by atoms with Gasteiger partial charge in [0.15, 0.2) is 0 Å². The van der Waals surface area contributed by atoms with Crippen LogP contribution in [0.3, 0.4) is 0 Å². The van der Waals surface area contributed by atoms with Crippen molar-refractivity contribution in [2.45, 2.75) is 39.2 Å². The van der Waals surface area contributed by atoms with Crippen molar-refractivity contribution < 1.29 is 9.59 Å². The van der Waals surface area contributed by atoms with E-state index in [1.54, 1.807) is 6.92 Å². The van der Waals surface area contributed by atoms with E-state index in [1.807, 2.05) is 9.80 Å². The number of carbonyl (C=O) groups is 2. The van der Waals surface area contributed by atoms with Crippen molar-refractivity contribution >= 4 is 11.8 Å². The predicted molar refractivity (Wildman–Crippen MR) is 73.7 cm³/mol. The molecule has 0 radical (unpaired) electrons. The lowest BCUT2D eigenvalue weighted by Crippen LogP contribution is -2.53. The maximum absolute atomic E-state index is 12.3. The summed E-state index contributed by atoms with van der Waals surface area (Å²) in [5.74, 6) is 0.328. The molecule has 2 rings (SSSR count). The van der Waals surface area contributed by atoms with Gasteiger partial charge in [0, 0.05) is 39.1 Å². The van der Waals surface area contributed by atoms with Gasteiger partial charge in [0.1, 0.15) is 0 Å². The quantitative estimate of drug-likeness (QED) is 0.734. The lowest BCUT2D eigenvalue weighted by atomic mass is 10.0. The van der Waals surface area contributed by atoms with Crippen LogP contribution in [0.1, 0.15) is 33.1 Å². The van der Waals surface area contributed by atoms with Crippen LogP contribution in [-0.2, 0) is 9.59 Å². The number of hydrogen-bond acceptors (Lipinski definition) is 3. The first-order chi connectivity index (χ1) is 9.08. The normalized spacial score (nSPS) is 25.5. The topological polar surface area (TPSA) is 43.9 Å². The Bertz CT molecular complexity index is 338. The number of piperazine rings is 1. The van der Waals surface area contributed by atoms with Gasteiger partial charge in [0.25, 0.3) is 0 Å². The van der Waals surface area contributed by atoms with Crippen molar-refractivity contribution in [3.05, 3.63) is 0 Å². The average Bonchev–Trinajstić information content (AvgIpc) is 2.41. The first-order valence-electron chi connectivity index (χ1n) is 7.35. The fourth-order valence-electron chi connectivity index (χ4n) is 2.94. The molecule has 1 atom stereocenters. The molecule has 0 N–H and O–H groups in total. The number of piperidine rings is 1. The van der Waals surface area contributed by atoms with Crippen molar-refractivity contribution in [2.24, 2.45) is 0 Å². The summed E-state index contributed by atoms with van der Waals surface area (Å²) in [5, 5.41) is 0. The summed E-state index contributed by atoms with van der Waals surface area (Å²) >= 11 is 0. The van der Waals surface area contributed by atoms with Crippen molar-refractivity contribution in [1.82, 2.24) is 14.7 Å². The van der Waals surface area contributed by atoms with Gasteiger partial charge in [-0.05, 0) is 26.3 Å². The molecule has 2 heterocycles. The van der Waals surface area contributed by atoms with Crippen LogP contribution in [0.15, 0.2) is 0 Å². The lowest BCUT2D eigenvalue weighted by Gasteiger charge is -2.37. The average molecular weight is 267 g/mol. The minimum Gasteiger partial charge on any atom is -0.339 e. The van der Waals surface area contributed by atoms with Gasteiger partial charge in [-0.25, -0.2) is 0 Å². The number of likely N-dealkylation sites (tertiary alicyclic amines) is 1. The Labute approximate surface area is 115 Å². The van der Waals surface area contributed by atoms with Crippen molar-refractivity contribution in [1.29, 1.82) is 0 Å². The van der Waals surface area contributed by atoms with Gasteiger partial charge < -0.3 is 9.80 Å². The van der Waals surface area contributed by atoms with E-state index in [9.17, 15) is 9.59 Å². The second kappa shape index (κ2) is 6.37. The van der Waals surface area contributed by atoms with Gasteiger partial charge in [-0.1, -0.05) is 6.42 Å². The van der Waals surface area contributed by atoms with Crippen LogP contribution in [0.25, 0.3) is 0 Å². The molecular weight excluding hydrogens is 242 g/mol. The molecule has 19 heavy (non-hydrogen) atoms. The molecule has 2 fully saturated rings. The van der Waals surface area contributed by atoms with E-state index in [2.05, 4.69) is 11.8 Å². The molecule has 0 aromatic rings. The summed E-state index contributed by atoms with van der Waals surface area (Å²) in [6.07, 6.45) is 3.68. The largest absolute Gasteiger partial charge is 0.339 e. The fourth-order valence-corrected chi connectivity index (χ4v) is 2.94. The molecule has 108 valence electrons. The maximum Gasteiger partial charge on any atom is 0.236 e. The third-order valence-electron chi connectivity index (χ3n) is 4.36. The molecule has 1 unspecified atom stereocenters. The molecule has 5 heteroatoms. The van der Waals surface area contributed by atoms with Crippen LogP contribution in [0, 0.1) is 0 Å². The third-order valence-corrected chi connectivity index (χ3v) is 4.36. The highest BCUT2D eigenvalue weighted by Gasteiger charge is 2.26. The van der Waals surface area contributed by atoms with Crippen LogP contribution in [0.4, 0.5) is 0 Å². The summed E-state index contributed by atoms with van der Waals surface area (Å²) in [7, 11) is 0. The zero-order chi connectivity index (χ0) is 13.8. The minimum atomic E-state index is 0.108. The Balaban J connectivity index is 1.79. The molecule has 2 amide bonds. The van der Waals surface area contributed by atoms with E-state index in [0.717, 1.165) is 6.54 Å². The predicted octanol–water partition coefficient (Wildman–Crippen LogP) is 0.552. The van der Waals surface area contributed by atoms with E-state index in [0.29, 0.717) is 38.8 Å². The van der Waals surface area contributed by atoms with Crippen molar-refractivity contribution in [3.8, 4) is 0 Å². The molecule has 0 aliphatic carbocycles. The van der Waals surface area contributed by atoms with Gasteiger partial charge in [-0.15, -0.1) is 0 Å². The Morgan fingerprint density at radius 2 is 1.63 bits per heavy atom. The Morgan fingerprint density at radius 1 is 1.00 bits per heavy atom. The standard InChI is InChI=1S/C14H25N3O2/c1-12-5-3-4-6-17(12)11-14(19)16-9-7-15(8-10-16)13(2)18/h12H,3-11H2,1-2H3. The fraction of sp³-hybridized carbons (Fsp3) is 0.857. The summed E-state index contributed by atoms with van der Waals surface area (Å²) in [6.45, 7) is 8.10. The van der Waals surface area contributed by atoms with Gasteiger partial charge in [0.2, 0.25) is 11.8 Å². The van der Waals surface area contributed by atoms with Crippen molar-refractivity contribution in [2.75, 3.05) is 39.3 Å². The molecule has 0 aromatic heterocycles. The highest BCUT2D eigenvalue weighted by Crippen LogP contribution is 2.16. The van der Waals surface area contributed by atoms with E-state index in [1.165, 1.54) is 19.3 Å². The highest BCUT2D eigenvalue weighted by molar-refractivity contribution is 5.79. The van der Waals surface area contributed by atoms with Gasteiger partial charge in [-0.3, -0.25) is 14.5 Å². The number of amides is 2. The molecule has 0 saturated carbocycles. The van der Waals surface area contributed by atoms with Crippen LogP contribution in [-0.4, -0.2) is 71.8 Å². The first-order valence-corrected chi connectivity index (χ1v) is 7.35. The molecule has 0 spiro atoms. The molecule has 0 aromatic carbocycles. The Kier molecular flexibility index (Phi) is 4.80. The lowest BCUT2D eigenvalue weighted by molar-refractivity contribution is -0.139. The number of nitrogens with zero attached hydrogens (tertiary/aromatic N) is 3. The number of hydrogen-bond donors (Lipinski definition) is 0. The Morgan fingerprint density at radius 3 is 2.21 bits per heavy atom. The van der Waals surface area contributed by atoms with Gasteiger partial charge in [0.05, 0.1) is 6.54 Å². The highest BCUT2D eigenvalue weighted by atomic mass is 16.2. The second-order valence-corrected chi connectivity index (χ2v) is 5.70. The van der Waals surface area contributed by atoms with E-state index >= 15 is 0 Å². The zero-order valence-electron chi connectivity index (χ0n) is 12.1. The Hall–Kier alpha value is -1.10. The van der Waals surface area contributed by atoms with Gasteiger partial charge in [-0.2, -0.15) is 0 Å². The second-order valence-electron chi connectivity index (χ2n) is 5.70. The molecule has 0 bridgehead atoms. The monoisotopic (exact) mass is 267 g/mol. The molecule has 2 aliphatic heterocycles. The van der Waals surface area contributed by atoms with Crippen LogP contribution in [0.5, 0.6) is 0 Å². The molecule has 2 aliphatic rings. The smallest absolute Gasteiger partial charge is 0.236 e. The summed E-state index contributed by atoms with van der Waals surface area (Å²) < 4.78 is 0.